The van der Waals surface area contributed by atoms with Gasteiger partial charge in [-0.15, -0.1) is 0 Å². The number of benzene rings is 1. The van der Waals surface area contributed by atoms with E-state index in [1.165, 1.54) is 0 Å². The molecule has 0 unspecified atom stereocenters. The summed E-state index contributed by atoms with van der Waals surface area (Å²) in [5, 5.41) is 3.57. The molecule has 1 fully saturated rings. The SMILES string of the molecule is NC(=NC1=CN(c2ccccc2)NO1)N=C(N)NN1CCOCC1. The standard InChI is InChI=1S/C14H20N8O2/c15-13(18-14(16)19-21-6-8-23-9-7-21)17-12-10-22(20-24-12)11-4-2-1-3-5-11/h1-5,10,20H,6-9H2,(H5,15,16,17,18,19). The third kappa shape index (κ3) is 4.35. The van der Waals surface area contributed by atoms with Gasteiger partial charge < -0.3 is 21.0 Å². The van der Waals surface area contributed by atoms with Crippen molar-refractivity contribution in [3.63, 3.8) is 0 Å². The summed E-state index contributed by atoms with van der Waals surface area (Å²) in [5.41, 5.74) is 18.1. The minimum absolute atomic E-state index is 0.0174. The number of rotatable bonds is 3. The second-order valence-corrected chi connectivity index (χ2v) is 5.04. The Labute approximate surface area is 139 Å². The first-order chi connectivity index (χ1) is 11.7. The Bertz CT molecular complexity index is 639. The number of para-hydroxylation sites is 1. The lowest BCUT2D eigenvalue weighted by molar-refractivity contribution is 0.0246. The maximum absolute atomic E-state index is 5.81. The fourth-order valence-corrected chi connectivity index (χ4v) is 2.15. The van der Waals surface area contributed by atoms with E-state index in [1.54, 1.807) is 11.2 Å². The van der Waals surface area contributed by atoms with E-state index < -0.39 is 0 Å². The molecule has 0 saturated carbocycles. The highest BCUT2D eigenvalue weighted by Crippen LogP contribution is 2.17. The Morgan fingerprint density at radius 1 is 1.17 bits per heavy atom. The zero-order chi connectivity index (χ0) is 16.8. The molecule has 0 bridgehead atoms. The van der Waals surface area contributed by atoms with Crippen LogP contribution in [0.2, 0.25) is 0 Å². The van der Waals surface area contributed by atoms with Gasteiger partial charge in [0.05, 0.1) is 25.1 Å². The largest absolute Gasteiger partial charge is 0.379 e. The van der Waals surface area contributed by atoms with Crippen molar-refractivity contribution in [1.82, 2.24) is 16.0 Å². The van der Waals surface area contributed by atoms with Crippen molar-refractivity contribution in [2.75, 3.05) is 31.3 Å². The first kappa shape index (κ1) is 16.1. The summed E-state index contributed by atoms with van der Waals surface area (Å²) < 4.78 is 5.25. The number of nitrogens with zero attached hydrogens (tertiary/aromatic N) is 4. The van der Waals surface area contributed by atoms with E-state index in [4.69, 9.17) is 21.0 Å². The Morgan fingerprint density at radius 2 is 1.92 bits per heavy atom. The van der Waals surface area contributed by atoms with Crippen LogP contribution in [-0.4, -0.2) is 43.2 Å². The zero-order valence-corrected chi connectivity index (χ0v) is 13.1. The normalized spacial score (nSPS) is 19.8. The van der Waals surface area contributed by atoms with Gasteiger partial charge in [0.15, 0.2) is 0 Å². The van der Waals surface area contributed by atoms with Crippen LogP contribution in [-0.2, 0) is 9.57 Å². The number of nitrogens with one attached hydrogen (secondary N) is 2. The molecule has 10 heteroatoms. The minimum Gasteiger partial charge on any atom is -0.379 e. The van der Waals surface area contributed by atoms with Gasteiger partial charge in [-0.3, -0.25) is 5.43 Å². The molecule has 1 aromatic carbocycles. The molecule has 0 aromatic heterocycles. The number of hydrogen-bond donors (Lipinski definition) is 4. The first-order valence-corrected chi connectivity index (χ1v) is 7.47. The summed E-state index contributed by atoms with van der Waals surface area (Å²) in [7, 11) is 0. The first-order valence-electron chi connectivity index (χ1n) is 7.47. The predicted molar refractivity (Wildman–Crippen MR) is 90.0 cm³/mol. The Hall–Kier alpha value is -2.82. The topological polar surface area (TPSA) is 126 Å². The summed E-state index contributed by atoms with van der Waals surface area (Å²) in [6, 6.07) is 9.61. The van der Waals surface area contributed by atoms with Crippen molar-refractivity contribution in [3.05, 3.63) is 42.4 Å². The minimum atomic E-state index is -0.0174. The third-order valence-corrected chi connectivity index (χ3v) is 3.27. The van der Waals surface area contributed by atoms with Gasteiger partial charge in [-0.05, 0) is 12.1 Å². The van der Waals surface area contributed by atoms with Gasteiger partial charge >= 0.3 is 0 Å². The van der Waals surface area contributed by atoms with Gasteiger partial charge in [-0.2, -0.15) is 9.98 Å². The van der Waals surface area contributed by atoms with Crippen LogP contribution in [0.15, 0.2) is 52.4 Å². The van der Waals surface area contributed by atoms with Crippen molar-refractivity contribution >= 4 is 17.6 Å². The van der Waals surface area contributed by atoms with Crippen LogP contribution in [0.5, 0.6) is 0 Å². The van der Waals surface area contributed by atoms with Crippen LogP contribution >= 0.6 is 0 Å². The third-order valence-electron chi connectivity index (χ3n) is 3.27. The smallest absolute Gasteiger partial charge is 0.261 e. The molecule has 2 aliphatic rings. The molecule has 24 heavy (non-hydrogen) atoms. The molecular weight excluding hydrogens is 312 g/mol. The highest BCUT2D eigenvalue weighted by Gasteiger charge is 2.15. The molecule has 6 N–H and O–H groups in total. The molecule has 128 valence electrons. The Balaban J connectivity index is 1.59. The summed E-state index contributed by atoms with van der Waals surface area (Å²) >= 11 is 0. The second-order valence-electron chi connectivity index (χ2n) is 5.04. The monoisotopic (exact) mass is 332 g/mol. The van der Waals surface area contributed by atoms with Gasteiger partial charge in [0, 0.05) is 13.1 Å². The van der Waals surface area contributed by atoms with Gasteiger partial charge in [-0.1, -0.05) is 23.8 Å². The van der Waals surface area contributed by atoms with Crippen LogP contribution in [0.25, 0.3) is 0 Å². The quantitative estimate of drug-likeness (QED) is 0.419. The molecule has 10 nitrogen and oxygen atoms in total. The molecule has 1 aromatic rings. The van der Waals surface area contributed by atoms with Crippen LogP contribution in [0.3, 0.4) is 0 Å². The van der Waals surface area contributed by atoms with E-state index in [1.807, 2.05) is 35.3 Å². The summed E-state index contributed by atoms with van der Waals surface area (Å²) in [6.45, 7) is 2.73. The molecule has 2 aliphatic heterocycles. The molecule has 2 heterocycles. The van der Waals surface area contributed by atoms with Crippen molar-refractivity contribution in [2.45, 2.75) is 0 Å². The molecule has 0 radical (unpaired) electrons. The van der Waals surface area contributed by atoms with Crippen molar-refractivity contribution in [3.8, 4) is 0 Å². The van der Waals surface area contributed by atoms with Crippen LogP contribution < -0.4 is 27.5 Å². The maximum atomic E-state index is 5.81. The van der Waals surface area contributed by atoms with Gasteiger partial charge in [0.1, 0.15) is 0 Å². The molecule has 0 amide bonds. The van der Waals surface area contributed by atoms with Crippen LogP contribution in [0.4, 0.5) is 5.69 Å². The number of hydrazine groups is 2. The van der Waals surface area contributed by atoms with Crippen molar-refractivity contribution < 1.29 is 9.57 Å². The van der Waals surface area contributed by atoms with Crippen molar-refractivity contribution in [1.29, 1.82) is 0 Å². The van der Waals surface area contributed by atoms with Gasteiger partial charge in [0.2, 0.25) is 11.9 Å². The zero-order valence-electron chi connectivity index (χ0n) is 13.1. The number of ether oxygens (including phenoxy) is 1. The summed E-state index contributed by atoms with van der Waals surface area (Å²) in [5.74, 6) is 0.417. The number of anilines is 1. The fourth-order valence-electron chi connectivity index (χ4n) is 2.15. The number of hydrogen-bond acceptors (Lipinski definition) is 6. The lowest BCUT2D eigenvalue weighted by atomic mass is 10.3. The Kier molecular flexibility index (Phi) is 5.11. The average Bonchev–Trinajstić information content (AvgIpc) is 3.04. The molecule has 1 saturated heterocycles. The Morgan fingerprint density at radius 3 is 2.67 bits per heavy atom. The number of nitrogens with two attached hydrogens (primary N) is 2. The summed E-state index contributed by atoms with van der Waals surface area (Å²) in [6.07, 6.45) is 1.66. The molecule has 0 spiro atoms. The molecular formula is C14H20N8O2. The molecule has 0 atom stereocenters. The second kappa shape index (κ2) is 7.64. The highest BCUT2D eigenvalue weighted by molar-refractivity contribution is 5.93. The molecule has 3 rings (SSSR count). The van der Waals surface area contributed by atoms with E-state index >= 15 is 0 Å². The number of guanidine groups is 2. The van der Waals surface area contributed by atoms with E-state index in [-0.39, 0.29) is 17.8 Å². The van der Waals surface area contributed by atoms with Gasteiger partial charge in [-0.25, -0.2) is 10.0 Å². The van der Waals surface area contributed by atoms with E-state index in [9.17, 15) is 0 Å². The lowest BCUT2D eigenvalue weighted by Gasteiger charge is -2.27. The highest BCUT2D eigenvalue weighted by atomic mass is 16.7. The van der Waals surface area contributed by atoms with Gasteiger partial charge in [0.25, 0.3) is 5.88 Å². The van der Waals surface area contributed by atoms with Crippen LogP contribution in [0.1, 0.15) is 0 Å². The predicted octanol–water partition coefficient (Wildman–Crippen LogP) is -0.792. The van der Waals surface area contributed by atoms with E-state index in [0.29, 0.717) is 13.2 Å². The fraction of sp³-hybridized carbons (Fsp3) is 0.286. The number of morpholine rings is 1. The summed E-state index contributed by atoms with van der Waals surface area (Å²) in [4.78, 5) is 13.3. The molecule has 0 aliphatic carbocycles. The van der Waals surface area contributed by atoms with Crippen molar-refractivity contribution in [2.24, 2.45) is 21.5 Å². The van der Waals surface area contributed by atoms with Crippen LogP contribution in [0, 0.1) is 0 Å². The lowest BCUT2D eigenvalue weighted by Crippen LogP contribution is -2.51. The van der Waals surface area contributed by atoms with E-state index in [0.717, 1.165) is 18.8 Å². The van der Waals surface area contributed by atoms with E-state index in [2.05, 4.69) is 21.0 Å². The number of aliphatic imine (C=N–C) groups is 2. The average molecular weight is 332 g/mol. The maximum Gasteiger partial charge on any atom is 0.261 e.